The number of imidazole rings is 1. The van der Waals surface area contributed by atoms with Crippen LogP contribution in [-0.2, 0) is 19.1 Å². The average Bonchev–Trinajstić information content (AvgIpc) is 3.01. The van der Waals surface area contributed by atoms with E-state index in [4.69, 9.17) is 0 Å². The molecule has 146 valence electrons. The third-order valence-corrected chi connectivity index (χ3v) is 5.18. The molecule has 1 aromatic heterocycles. The van der Waals surface area contributed by atoms with E-state index in [1.165, 1.54) is 12.1 Å². The van der Waals surface area contributed by atoms with Crippen molar-refractivity contribution < 1.29 is 18.0 Å². The molecule has 1 aliphatic rings. The zero-order valence-electron chi connectivity index (χ0n) is 15.6. The van der Waals surface area contributed by atoms with Gasteiger partial charge in [0, 0.05) is 30.1 Å². The molecular formula is C20H24F3N3O. The van der Waals surface area contributed by atoms with Gasteiger partial charge in [0.1, 0.15) is 5.82 Å². The number of halogens is 3. The van der Waals surface area contributed by atoms with Crippen molar-refractivity contribution in [2.24, 2.45) is 5.92 Å². The van der Waals surface area contributed by atoms with E-state index in [-0.39, 0.29) is 17.3 Å². The Morgan fingerprint density at radius 1 is 1.30 bits per heavy atom. The largest absolute Gasteiger partial charge is 0.416 e. The first kappa shape index (κ1) is 19.6. The van der Waals surface area contributed by atoms with Crippen molar-refractivity contribution in [2.45, 2.75) is 45.8 Å². The number of carbonyl (C=O) groups excluding carboxylic acids is 1. The molecule has 2 heterocycles. The van der Waals surface area contributed by atoms with Crippen LogP contribution in [0.3, 0.4) is 0 Å². The van der Waals surface area contributed by atoms with Gasteiger partial charge in [0.05, 0.1) is 11.3 Å². The van der Waals surface area contributed by atoms with Gasteiger partial charge in [-0.15, -0.1) is 0 Å². The Morgan fingerprint density at radius 2 is 2.00 bits per heavy atom. The van der Waals surface area contributed by atoms with Gasteiger partial charge in [-0.05, 0) is 45.0 Å². The lowest BCUT2D eigenvalue weighted by molar-refractivity contribution is -0.137. The van der Waals surface area contributed by atoms with Crippen molar-refractivity contribution in [1.29, 1.82) is 0 Å². The predicted molar refractivity (Wildman–Crippen MR) is 96.5 cm³/mol. The Morgan fingerprint density at radius 3 is 2.59 bits per heavy atom. The molecule has 4 nitrogen and oxygen atoms in total. The fraction of sp³-hybridized carbons (Fsp3) is 0.500. The summed E-state index contributed by atoms with van der Waals surface area (Å²) in [5.74, 6) is 0.554. The van der Waals surface area contributed by atoms with Crippen molar-refractivity contribution in [2.75, 3.05) is 13.1 Å². The summed E-state index contributed by atoms with van der Waals surface area (Å²) in [6.07, 6.45) is -2.27. The average molecular weight is 379 g/mol. The van der Waals surface area contributed by atoms with Crippen LogP contribution >= 0.6 is 0 Å². The highest BCUT2D eigenvalue weighted by molar-refractivity contribution is 5.98. The van der Waals surface area contributed by atoms with E-state index >= 15 is 0 Å². The molecule has 7 heteroatoms. The van der Waals surface area contributed by atoms with Crippen molar-refractivity contribution in [1.82, 2.24) is 14.9 Å². The van der Waals surface area contributed by atoms with Crippen LogP contribution in [0.25, 0.3) is 0 Å². The number of aromatic nitrogens is 2. The molecule has 27 heavy (non-hydrogen) atoms. The van der Waals surface area contributed by atoms with Crippen molar-refractivity contribution in [3.05, 3.63) is 52.6 Å². The zero-order chi connectivity index (χ0) is 19.6. The molecule has 0 unspecified atom stereocenters. The Hall–Kier alpha value is -2.15. The second-order valence-electron chi connectivity index (χ2n) is 7.10. The van der Waals surface area contributed by atoms with Gasteiger partial charge in [-0.25, -0.2) is 4.98 Å². The molecule has 0 saturated carbocycles. The summed E-state index contributed by atoms with van der Waals surface area (Å²) in [7, 11) is 0. The first-order chi connectivity index (χ1) is 12.8. The minimum atomic E-state index is -4.43. The van der Waals surface area contributed by atoms with Gasteiger partial charge < -0.3 is 4.98 Å². The Labute approximate surface area is 156 Å². The molecule has 0 radical (unpaired) electrons. The maximum atomic E-state index is 12.9. The summed E-state index contributed by atoms with van der Waals surface area (Å²) in [4.78, 5) is 22.7. The smallest absolute Gasteiger partial charge is 0.346 e. The number of likely N-dealkylation sites (tertiary alicyclic amines) is 1. The van der Waals surface area contributed by atoms with Gasteiger partial charge in [-0.2, -0.15) is 13.2 Å². The SMILES string of the molecule is CCc1nc(CN2CCC(C(=O)c3cccc(C(F)(F)F)c3)CC2)c(C)[nH]1. The number of aromatic amines is 1. The molecule has 1 N–H and O–H groups in total. The summed E-state index contributed by atoms with van der Waals surface area (Å²) in [5, 5.41) is 0. The van der Waals surface area contributed by atoms with Crippen molar-refractivity contribution in [3.8, 4) is 0 Å². The maximum Gasteiger partial charge on any atom is 0.416 e. The van der Waals surface area contributed by atoms with E-state index in [0.29, 0.717) is 12.8 Å². The van der Waals surface area contributed by atoms with Crippen LogP contribution in [0.15, 0.2) is 24.3 Å². The van der Waals surface area contributed by atoms with Gasteiger partial charge >= 0.3 is 6.18 Å². The molecule has 0 aliphatic carbocycles. The number of benzene rings is 1. The summed E-state index contributed by atoms with van der Waals surface area (Å²) in [6.45, 7) is 6.26. The number of alkyl halides is 3. The fourth-order valence-electron chi connectivity index (χ4n) is 3.53. The molecule has 0 spiro atoms. The van der Waals surface area contributed by atoms with E-state index in [9.17, 15) is 18.0 Å². The number of carbonyl (C=O) groups is 1. The van der Waals surface area contributed by atoms with E-state index in [0.717, 1.165) is 55.4 Å². The number of piperidine rings is 1. The van der Waals surface area contributed by atoms with Crippen LogP contribution in [0.5, 0.6) is 0 Å². The number of aryl methyl sites for hydroxylation is 2. The second-order valence-corrected chi connectivity index (χ2v) is 7.10. The number of H-pyrrole nitrogens is 1. The third kappa shape index (κ3) is 4.58. The second kappa shape index (κ2) is 7.84. The van der Waals surface area contributed by atoms with E-state index in [1.807, 2.05) is 13.8 Å². The molecule has 1 aromatic carbocycles. The van der Waals surface area contributed by atoms with Gasteiger partial charge in [0.25, 0.3) is 0 Å². The molecular weight excluding hydrogens is 355 g/mol. The minimum absolute atomic E-state index is 0.152. The number of nitrogens with zero attached hydrogens (tertiary/aromatic N) is 2. The lowest BCUT2D eigenvalue weighted by atomic mass is 9.88. The normalized spacial score (nSPS) is 16.6. The Bertz CT molecular complexity index is 805. The molecule has 1 fully saturated rings. The number of ketones is 1. The topological polar surface area (TPSA) is 49.0 Å². The number of nitrogens with one attached hydrogen (secondary N) is 1. The van der Waals surface area contributed by atoms with E-state index < -0.39 is 11.7 Å². The molecule has 1 aliphatic heterocycles. The highest BCUT2D eigenvalue weighted by Crippen LogP contribution is 2.31. The highest BCUT2D eigenvalue weighted by Gasteiger charge is 2.32. The molecule has 0 amide bonds. The van der Waals surface area contributed by atoms with Crippen LogP contribution in [0.1, 0.15) is 52.9 Å². The quantitative estimate of drug-likeness (QED) is 0.784. The summed E-state index contributed by atoms with van der Waals surface area (Å²) < 4.78 is 38.6. The van der Waals surface area contributed by atoms with Gasteiger partial charge in [0.2, 0.25) is 0 Å². The van der Waals surface area contributed by atoms with E-state index in [1.54, 1.807) is 0 Å². The summed E-state index contributed by atoms with van der Waals surface area (Å²) in [6, 6.07) is 4.74. The van der Waals surface area contributed by atoms with Gasteiger partial charge in [-0.3, -0.25) is 9.69 Å². The minimum Gasteiger partial charge on any atom is -0.346 e. The van der Waals surface area contributed by atoms with Crippen molar-refractivity contribution >= 4 is 5.78 Å². The van der Waals surface area contributed by atoms with Crippen LogP contribution in [-0.4, -0.2) is 33.7 Å². The Kier molecular flexibility index (Phi) is 5.69. The molecule has 0 atom stereocenters. The highest BCUT2D eigenvalue weighted by atomic mass is 19.4. The van der Waals surface area contributed by atoms with Gasteiger partial charge in [-0.1, -0.05) is 19.1 Å². The van der Waals surface area contributed by atoms with Crippen LogP contribution in [0.4, 0.5) is 13.2 Å². The maximum absolute atomic E-state index is 12.9. The van der Waals surface area contributed by atoms with Crippen molar-refractivity contribution in [3.63, 3.8) is 0 Å². The van der Waals surface area contributed by atoms with Crippen LogP contribution in [0.2, 0.25) is 0 Å². The Balaban J connectivity index is 1.60. The lowest BCUT2D eigenvalue weighted by Gasteiger charge is -2.31. The molecule has 0 bridgehead atoms. The number of Topliss-reactive ketones (excluding diaryl/α,β-unsaturated/α-hetero) is 1. The summed E-state index contributed by atoms with van der Waals surface area (Å²) in [5.41, 5.74) is 1.47. The lowest BCUT2D eigenvalue weighted by Crippen LogP contribution is -2.36. The number of rotatable bonds is 5. The number of hydrogen-bond acceptors (Lipinski definition) is 3. The number of hydrogen-bond donors (Lipinski definition) is 1. The van der Waals surface area contributed by atoms with Gasteiger partial charge in [0.15, 0.2) is 5.78 Å². The van der Waals surface area contributed by atoms with E-state index in [2.05, 4.69) is 14.9 Å². The van der Waals surface area contributed by atoms with Crippen LogP contribution in [0, 0.1) is 12.8 Å². The fourth-order valence-corrected chi connectivity index (χ4v) is 3.53. The monoisotopic (exact) mass is 379 g/mol. The first-order valence-corrected chi connectivity index (χ1v) is 9.26. The third-order valence-electron chi connectivity index (χ3n) is 5.18. The predicted octanol–water partition coefficient (Wildman–Crippen LogP) is 4.39. The molecule has 3 rings (SSSR count). The van der Waals surface area contributed by atoms with Crippen LogP contribution < -0.4 is 0 Å². The zero-order valence-corrected chi connectivity index (χ0v) is 15.6. The summed E-state index contributed by atoms with van der Waals surface area (Å²) >= 11 is 0. The standard InChI is InChI=1S/C20H24F3N3O/c1-3-18-24-13(2)17(25-18)12-26-9-7-14(8-10-26)19(27)15-5-4-6-16(11-15)20(21,22)23/h4-6,11,14H,3,7-10,12H2,1-2H3,(H,24,25). The molecule has 2 aromatic rings. The molecule has 1 saturated heterocycles. The first-order valence-electron chi connectivity index (χ1n) is 9.26.